The largest absolute Gasteiger partial charge is 1.00 e. The van der Waals surface area contributed by atoms with Gasteiger partial charge in [0.1, 0.15) is 61.5 Å². The molecule has 8 N–H and O–H groups in total. The first-order chi connectivity index (χ1) is 36.2. The van der Waals surface area contributed by atoms with E-state index in [1.165, 1.54) is 128 Å². The van der Waals surface area contributed by atoms with Crippen LogP contribution in [0.5, 0.6) is 0 Å². The van der Waals surface area contributed by atoms with E-state index in [-0.39, 0.29) is 42.4 Å². The van der Waals surface area contributed by atoms with Gasteiger partial charge in [0, 0.05) is 12.8 Å². The quantitative estimate of drug-likeness (QED) is 0.0187. The second-order valence-electron chi connectivity index (χ2n) is 20.7. The maximum Gasteiger partial charge on any atom is 1.00 e. The van der Waals surface area contributed by atoms with Gasteiger partial charge >= 0.3 is 41.5 Å². The Kier molecular flexibility index (Phi) is 44.6. The molecule has 0 spiro atoms. The molecule has 2 rings (SSSR count). The van der Waals surface area contributed by atoms with E-state index in [1.54, 1.807) is 0 Å². The van der Waals surface area contributed by atoms with Crippen LogP contribution in [0.4, 0.5) is 0 Å². The predicted molar refractivity (Wildman–Crippen MR) is 278 cm³/mol. The van der Waals surface area contributed by atoms with Crippen molar-refractivity contribution in [2.45, 2.75) is 293 Å². The van der Waals surface area contributed by atoms with Crippen molar-refractivity contribution in [3.8, 4) is 0 Å². The number of carbonyl (C=O) groups is 2. The molecular weight excluding hydrogens is 1020 g/mol. The van der Waals surface area contributed by atoms with Gasteiger partial charge in [-0.1, -0.05) is 194 Å². The SMILES string of the molecule is CCCCCCCCCCCCCCCCCC(=O)OC[C@H](COP(=O)([O-])OC(CO[C@H]1O[C@H](CO)[C@@H](O)[C@H](O)[C@@H]1O)CO[C@H]1O[C@H](CO)[C@@H](O)[C@H](O)[C@@H]1O)OC(=O)CCCCCCCCCCCCCCCCC.[Na+]. The van der Waals surface area contributed by atoms with Crippen molar-refractivity contribution in [2.75, 3.05) is 39.6 Å². The molecule has 0 bridgehead atoms. The summed E-state index contributed by atoms with van der Waals surface area (Å²) < 4.78 is 56.6. The average molecular weight is 1130 g/mol. The van der Waals surface area contributed by atoms with Crippen LogP contribution in [-0.4, -0.2) is 166 Å². The number of phosphoric ester groups is 1. The number of unbranched alkanes of at least 4 members (excludes halogenated alkanes) is 28. The number of hydrogen-bond donors (Lipinski definition) is 8. The molecule has 0 aromatic rings. The standard InChI is InChI=1S/C54H103O20P.Na/c1-3-5-7-9-11-13-15-17-19-21-23-25-27-29-31-33-45(57)67-37-41(71-46(58)34-32-30-28-26-24-22-20-18-16-14-12-10-8-6-4-2)40-70-75(65,66)74-42(38-68-53-51(63)49(61)47(59)43(35-55)72-53)39-69-54-52(64)50(62)48(60)44(36-56)73-54;/h41-44,47-56,59-64H,3-40H2,1-2H3,(H,65,66);/q;+1/p-1/t41-,43-,44-,47-,48-,49+,50+,51+,52+,53+,54+;/m1./s1. The van der Waals surface area contributed by atoms with Crippen LogP contribution >= 0.6 is 7.82 Å². The molecule has 0 amide bonds. The first-order valence-corrected chi connectivity index (χ1v) is 30.5. The van der Waals surface area contributed by atoms with Gasteiger partial charge in [-0.2, -0.15) is 0 Å². The van der Waals surface area contributed by atoms with Crippen LogP contribution in [0.1, 0.15) is 219 Å². The van der Waals surface area contributed by atoms with E-state index in [2.05, 4.69) is 13.8 Å². The van der Waals surface area contributed by atoms with Gasteiger partial charge in [0.15, 0.2) is 18.7 Å². The molecule has 22 heteroatoms. The summed E-state index contributed by atoms with van der Waals surface area (Å²) in [5, 5.41) is 81.1. The van der Waals surface area contributed by atoms with E-state index in [1.807, 2.05) is 0 Å². The fraction of sp³-hybridized carbons (Fsp3) is 0.963. The second-order valence-corrected chi connectivity index (χ2v) is 22.1. The van der Waals surface area contributed by atoms with Crippen LogP contribution in [0.25, 0.3) is 0 Å². The zero-order valence-corrected chi connectivity index (χ0v) is 49.6. The molecule has 2 saturated heterocycles. The molecule has 0 aromatic carbocycles. The van der Waals surface area contributed by atoms with E-state index < -0.39 is 133 Å². The van der Waals surface area contributed by atoms with Crippen molar-refractivity contribution in [1.29, 1.82) is 0 Å². The maximum absolute atomic E-state index is 13.4. The van der Waals surface area contributed by atoms with Crippen molar-refractivity contribution in [1.82, 2.24) is 0 Å². The minimum Gasteiger partial charge on any atom is -0.756 e. The number of aliphatic hydroxyl groups excluding tert-OH is 8. The fourth-order valence-corrected chi connectivity index (χ4v) is 10.1. The maximum atomic E-state index is 13.4. The Labute approximate surface area is 476 Å². The van der Waals surface area contributed by atoms with Gasteiger partial charge < -0.3 is 83.2 Å². The van der Waals surface area contributed by atoms with Crippen LogP contribution in [0.2, 0.25) is 0 Å². The number of esters is 2. The molecule has 444 valence electrons. The Hall–Kier alpha value is -0.430. The first kappa shape index (κ1) is 73.6. The van der Waals surface area contributed by atoms with E-state index >= 15 is 0 Å². The second kappa shape index (κ2) is 46.1. The summed E-state index contributed by atoms with van der Waals surface area (Å²) in [5.41, 5.74) is 0. The van der Waals surface area contributed by atoms with Gasteiger partial charge in [0.25, 0.3) is 7.82 Å². The van der Waals surface area contributed by atoms with Gasteiger partial charge in [0.05, 0.1) is 33.0 Å². The van der Waals surface area contributed by atoms with Crippen molar-refractivity contribution in [3.63, 3.8) is 0 Å². The molecule has 2 heterocycles. The summed E-state index contributed by atoms with van der Waals surface area (Å²) in [6.45, 7) is -0.0727. The zero-order valence-electron chi connectivity index (χ0n) is 46.7. The normalized spacial score (nSPS) is 25.0. The minimum absolute atomic E-state index is 0. The van der Waals surface area contributed by atoms with Crippen LogP contribution in [0, 0.1) is 0 Å². The molecule has 2 aliphatic rings. The van der Waals surface area contributed by atoms with Crippen LogP contribution in [-0.2, 0) is 51.6 Å². The third-order valence-corrected chi connectivity index (χ3v) is 15.0. The first-order valence-electron chi connectivity index (χ1n) is 29.0. The van der Waals surface area contributed by atoms with Gasteiger partial charge in [-0.3, -0.25) is 14.2 Å². The molecule has 20 nitrogen and oxygen atoms in total. The number of aliphatic hydroxyl groups is 8. The summed E-state index contributed by atoms with van der Waals surface area (Å²) >= 11 is 0. The van der Waals surface area contributed by atoms with Gasteiger partial charge in [-0.15, -0.1) is 0 Å². The summed E-state index contributed by atoms with van der Waals surface area (Å²) in [4.78, 5) is 39.3. The minimum atomic E-state index is -5.45. The van der Waals surface area contributed by atoms with E-state index in [4.69, 9.17) is 37.5 Å². The van der Waals surface area contributed by atoms with Crippen molar-refractivity contribution < 1.29 is 127 Å². The number of rotatable bonds is 48. The topological polar surface area (TPSA) is 310 Å². The summed E-state index contributed by atoms with van der Waals surface area (Å²) in [6.07, 6.45) is 14.8. The van der Waals surface area contributed by atoms with E-state index in [0.29, 0.717) is 12.8 Å². The molecule has 2 fully saturated rings. The van der Waals surface area contributed by atoms with E-state index in [0.717, 1.165) is 51.4 Å². The molecule has 0 aromatic heterocycles. The summed E-state index contributed by atoms with van der Waals surface area (Å²) in [6, 6.07) is 0. The Morgan fingerprint density at radius 3 is 1.13 bits per heavy atom. The Bertz CT molecular complexity index is 1410. The Morgan fingerprint density at radius 1 is 0.461 bits per heavy atom. The molecule has 76 heavy (non-hydrogen) atoms. The van der Waals surface area contributed by atoms with Gasteiger partial charge in [0.2, 0.25) is 0 Å². The molecule has 0 aliphatic carbocycles. The Morgan fingerprint density at radius 2 is 0.789 bits per heavy atom. The molecule has 12 atom stereocenters. The third-order valence-electron chi connectivity index (χ3n) is 14.0. The number of phosphoric acid groups is 1. The molecule has 2 aliphatic heterocycles. The van der Waals surface area contributed by atoms with Crippen molar-refractivity contribution >= 4 is 19.8 Å². The fourth-order valence-electron chi connectivity index (χ4n) is 9.21. The number of hydrogen-bond acceptors (Lipinski definition) is 20. The summed E-state index contributed by atoms with van der Waals surface area (Å²) in [7, 11) is -5.45. The molecule has 0 saturated carbocycles. The van der Waals surface area contributed by atoms with Crippen molar-refractivity contribution in [2.24, 2.45) is 0 Å². The van der Waals surface area contributed by atoms with Gasteiger partial charge in [-0.05, 0) is 12.8 Å². The van der Waals surface area contributed by atoms with E-state index in [9.17, 15) is 59.9 Å². The molecule has 1 unspecified atom stereocenters. The van der Waals surface area contributed by atoms with Crippen LogP contribution in [0.3, 0.4) is 0 Å². The molecular formula is C54H102NaO20P. The number of ether oxygens (including phenoxy) is 6. The van der Waals surface area contributed by atoms with Gasteiger partial charge in [-0.25, -0.2) is 0 Å². The van der Waals surface area contributed by atoms with Crippen LogP contribution < -0.4 is 34.5 Å². The smallest absolute Gasteiger partial charge is 0.756 e. The third kappa shape index (κ3) is 33.5. The Balaban J connectivity index is 0.0000289. The average Bonchev–Trinajstić information content (AvgIpc) is 3.39. The monoisotopic (exact) mass is 1120 g/mol. The zero-order chi connectivity index (χ0) is 55.1. The predicted octanol–water partition coefficient (Wildman–Crippen LogP) is 3.47. The number of carbonyl (C=O) groups excluding carboxylic acids is 2. The molecule has 0 radical (unpaired) electrons. The van der Waals surface area contributed by atoms with Crippen molar-refractivity contribution in [3.05, 3.63) is 0 Å². The van der Waals surface area contributed by atoms with Crippen LogP contribution in [0.15, 0.2) is 0 Å². The summed E-state index contributed by atoms with van der Waals surface area (Å²) in [5.74, 6) is -1.19.